The van der Waals surface area contributed by atoms with Crippen LogP contribution in [0.1, 0.15) is 39.0 Å². The van der Waals surface area contributed by atoms with E-state index in [4.69, 9.17) is 0 Å². The van der Waals surface area contributed by atoms with Crippen LogP contribution in [0.25, 0.3) is 0 Å². The maximum absolute atomic E-state index is 3.78. The van der Waals surface area contributed by atoms with Gasteiger partial charge in [0.15, 0.2) is 0 Å². The van der Waals surface area contributed by atoms with E-state index in [1.807, 2.05) is 0 Å². The van der Waals surface area contributed by atoms with Crippen molar-refractivity contribution >= 4 is 11.8 Å². The zero-order chi connectivity index (χ0) is 9.80. The highest BCUT2D eigenvalue weighted by molar-refractivity contribution is 7.99. The minimum atomic E-state index is 0.837. The molecule has 2 heteroatoms. The van der Waals surface area contributed by atoms with Gasteiger partial charge in [-0.25, -0.2) is 0 Å². The van der Waals surface area contributed by atoms with Crippen LogP contribution in [-0.4, -0.2) is 24.1 Å². The predicted octanol–water partition coefficient (Wildman–Crippen LogP) is 2.91. The number of hydrogen-bond donors (Lipinski definition) is 1. The molecule has 1 aliphatic heterocycles. The smallest absolute Gasteiger partial charge is 0.00697 e. The van der Waals surface area contributed by atoms with Crippen molar-refractivity contribution in [1.82, 2.24) is 5.32 Å². The molecule has 1 saturated carbocycles. The molecule has 1 aliphatic carbocycles. The quantitative estimate of drug-likeness (QED) is 0.773. The fourth-order valence-electron chi connectivity index (χ4n) is 2.70. The van der Waals surface area contributed by atoms with E-state index in [0.29, 0.717) is 0 Å². The number of hydrogen-bond acceptors (Lipinski definition) is 2. The lowest BCUT2D eigenvalue weighted by atomic mass is 9.87. The van der Waals surface area contributed by atoms with Gasteiger partial charge in [-0.05, 0) is 49.1 Å². The first kappa shape index (κ1) is 10.8. The summed E-state index contributed by atoms with van der Waals surface area (Å²) in [5, 5.41) is 3.78. The lowest BCUT2D eigenvalue weighted by molar-refractivity contribution is 0.292. The van der Waals surface area contributed by atoms with E-state index >= 15 is 0 Å². The van der Waals surface area contributed by atoms with Gasteiger partial charge in [0.25, 0.3) is 0 Å². The molecule has 0 spiro atoms. The van der Waals surface area contributed by atoms with Crippen molar-refractivity contribution in [3.63, 3.8) is 0 Å². The monoisotopic (exact) mass is 213 g/mol. The summed E-state index contributed by atoms with van der Waals surface area (Å²) in [6, 6.07) is 0.837. The first-order valence-electron chi connectivity index (χ1n) is 6.15. The molecule has 2 aliphatic rings. The molecule has 0 bridgehead atoms. The van der Waals surface area contributed by atoms with Gasteiger partial charge in [0.05, 0.1) is 0 Å². The topological polar surface area (TPSA) is 12.0 Å². The summed E-state index contributed by atoms with van der Waals surface area (Å²) in [6.45, 7) is 3.68. The highest BCUT2D eigenvalue weighted by Gasteiger charge is 2.21. The summed E-state index contributed by atoms with van der Waals surface area (Å²) in [7, 11) is 0. The molecule has 0 aromatic rings. The van der Waals surface area contributed by atoms with E-state index in [1.165, 1.54) is 50.2 Å². The molecule has 14 heavy (non-hydrogen) atoms. The third-order valence-corrected chi connectivity index (χ3v) is 4.89. The summed E-state index contributed by atoms with van der Waals surface area (Å²) in [5.41, 5.74) is 0. The summed E-state index contributed by atoms with van der Waals surface area (Å²) in [4.78, 5) is 0. The Balaban J connectivity index is 1.64. The predicted molar refractivity (Wildman–Crippen MR) is 64.9 cm³/mol. The number of rotatable bonds is 3. The van der Waals surface area contributed by atoms with Crippen LogP contribution in [0.3, 0.4) is 0 Å². The van der Waals surface area contributed by atoms with Crippen molar-refractivity contribution < 1.29 is 0 Å². The van der Waals surface area contributed by atoms with Crippen LogP contribution in [0.15, 0.2) is 0 Å². The Kier molecular flexibility index (Phi) is 4.18. The Labute approximate surface area is 92.4 Å². The fourth-order valence-corrected chi connectivity index (χ4v) is 3.98. The number of thioether (sulfide) groups is 1. The molecular weight excluding hydrogens is 190 g/mol. The van der Waals surface area contributed by atoms with Gasteiger partial charge in [0, 0.05) is 6.04 Å². The van der Waals surface area contributed by atoms with Gasteiger partial charge in [0.1, 0.15) is 0 Å². The molecule has 1 nitrogen and oxygen atoms in total. The zero-order valence-electron chi connectivity index (χ0n) is 9.30. The second-order valence-corrected chi connectivity index (χ2v) is 6.26. The van der Waals surface area contributed by atoms with E-state index in [9.17, 15) is 0 Å². The van der Waals surface area contributed by atoms with Crippen molar-refractivity contribution in [1.29, 1.82) is 0 Å². The average molecular weight is 213 g/mol. The molecule has 1 heterocycles. The third-order valence-electron chi connectivity index (χ3n) is 3.66. The Hall–Kier alpha value is 0.310. The van der Waals surface area contributed by atoms with Crippen LogP contribution in [0.5, 0.6) is 0 Å². The van der Waals surface area contributed by atoms with Crippen molar-refractivity contribution in [3.05, 3.63) is 0 Å². The summed E-state index contributed by atoms with van der Waals surface area (Å²) < 4.78 is 0. The van der Waals surface area contributed by atoms with Gasteiger partial charge in [-0.2, -0.15) is 11.8 Å². The van der Waals surface area contributed by atoms with Crippen molar-refractivity contribution in [2.45, 2.75) is 45.1 Å². The van der Waals surface area contributed by atoms with Crippen LogP contribution in [0.2, 0.25) is 0 Å². The largest absolute Gasteiger partial charge is 0.314 e. The normalized spacial score (nSPS) is 38.8. The molecule has 1 N–H and O–H groups in total. The van der Waals surface area contributed by atoms with Crippen LogP contribution >= 0.6 is 11.8 Å². The number of nitrogens with one attached hydrogen (secondary N) is 1. The Bertz CT molecular complexity index is 166. The van der Waals surface area contributed by atoms with E-state index in [1.54, 1.807) is 0 Å². The Morgan fingerprint density at radius 3 is 2.93 bits per heavy atom. The maximum atomic E-state index is 3.78. The minimum absolute atomic E-state index is 0.837. The molecule has 0 aromatic heterocycles. The first-order chi connectivity index (χ1) is 6.84. The lowest BCUT2D eigenvalue weighted by Gasteiger charge is -2.28. The molecule has 0 amide bonds. The average Bonchev–Trinajstić information content (AvgIpc) is 2.67. The van der Waals surface area contributed by atoms with Gasteiger partial charge in [0.2, 0.25) is 0 Å². The van der Waals surface area contributed by atoms with E-state index < -0.39 is 0 Å². The highest BCUT2D eigenvalue weighted by Crippen LogP contribution is 2.25. The molecule has 2 rings (SSSR count). The SMILES string of the molecule is CC1CCCC(NCC2CCSC2)C1. The van der Waals surface area contributed by atoms with Crippen LogP contribution in [0, 0.1) is 11.8 Å². The first-order valence-corrected chi connectivity index (χ1v) is 7.31. The third kappa shape index (κ3) is 3.16. The molecule has 82 valence electrons. The summed E-state index contributed by atoms with van der Waals surface area (Å²) in [6.07, 6.45) is 7.18. The zero-order valence-corrected chi connectivity index (χ0v) is 10.1. The van der Waals surface area contributed by atoms with Crippen LogP contribution < -0.4 is 5.32 Å². The Morgan fingerprint density at radius 1 is 1.29 bits per heavy atom. The van der Waals surface area contributed by atoms with E-state index in [0.717, 1.165) is 17.9 Å². The standard InChI is InChI=1S/C12H23NS/c1-10-3-2-4-12(7-10)13-8-11-5-6-14-9-11/h10-13H,2-9H2,1H3. The Morgan fingerprint density at radius 2 is 2.21 bits per heavy atom. The maximum Gasteiger partial charge on any atom is 0.00697 e. The van der Waals surface area contributed by atoms with E-state index in [2.05, 4.69) is 24.0 Å². The van der Waals surface area contributed by atoms with Gasteiger partial charge in [-0.15, -0.1) is 0 Å². The molecule has 0 radical (unpaired) electrons. The molecule has 1 saturated heterocycles. The molecule has 0 aromatic carbocycles. The summed E-state index contributed by atoms with van der Waals surface area (Å²) >= 11 is 2.13. The van der Waals surface area contributed by atoms with Crippen LogP contribution in [0.4, 0.5) is 0 Å². The molecule has 3 unspecified atom stereocenters. The fraction of sp³-hybridized carbons (Fsp3) is 1.00. The molecule has 2 fully saturated rings. The molecular formula is C12H23NS. The van der Waals surface area contributed by atoms with Crippen molar-refractivity contribution in [2.24, 2.45) is 11.8 Å². The summed E-state index contributed by atoms with van der Waals surface area (Å²) in [5.74, 6) is 4.72. The molecule has 3 atom stereocenters. The van der Waals surface area contributed by atoms with Crippen LogP contribution in [-0.2, 0) is 0 Å². The second kappa shape index (κ2) is 5.41. The minimum Gasteiger partial charge on any atom is -0.314 e. The van der Waals surface area contributed by atoms with Gasteiger partial charge < -0.3 is 5.32 Å². The van der Waals surface area contributed by atoms with Gasteiger partial charge in [-0.3, -0.25) is 0 Å². The van der Waals surface area contributed by atoms with Crippen molar-refractivity contribution in [2.75, 3.05) is 18.1 Å². The van der Waals surface area contributed by atoms with Gasteiger partial charge >= 0.3 is 0 Å². The highest BCUT2D eigenvalue weighted by atomic mass is 32.2. The van der Waals surface area contributed by atoms with Gasteiger partial charge in [-0.1, -0.05) is 19.8 Å². The lowest BCUT2D eigenvalue weighted by Crippen LogP contribution is -2.36. The van der Waals surface area contributed by atoms with Crippen molar-refractivity contribution in [3.8, 4) is 0 Å². The second-order valence-electron chi connectivity index (χ2n) is 5.11. The van der Waals surface area contributed by atoms with E-state index in [-0.39, 0.29) is 0 Å².